The predicted molar refractivity (Wildman–Crippen MR) is 117 cm³/mol. The first-order valence-electron chi connectivity index (χ1n) is 9.46. The molecule has 2 N–H and O–H groups in total. The van der Waals surface area contributed by atoms with Crippen LogP contribution in [0, 0.1) is 0 Å². The topological polar surface area (TPSA) is 70.6 Å². The Balaban J connectivity index is 1.48. The number of hydrazone groups is 1. The second kappa shape index (κ2) is 9.99. The number of carbonyl (C=O) groups excluding carboxylic acids is 2. The molecule has 0 unspecified atom stereocenters. The number of rotatable bonds is 7. The van der Waals surface area contributed by atoms with E-state index < -0.39 is 0 Å². The maximum atomic E-state index is 12.0. The molecule has 146 valence electrons. The van der Waals surface area contributed by atoms with Crippen LogP contribution in [0.4, 0.5) is 5.69 Å². The van der Waals surface area contributed by atoms with E-state index in [9.17, 15) is 9.59 Å². The maximum absolute atomic E-state index is 12.0. The van der Waals surface area contributed by atoms with Crippen molar-refractivity contribution in [2.75, 3.05) is 5.32 Å². The van der Waals surface area contributed by atoms with Gasteiger partial charge in [-0.2, -0.15) is 5.10 Å². The van der Waals surface area contributed by atoms with Crippen LogP contribution in [0.2, 0.25) is 0 Å². The molecule has 0 aliphatic rings. The molecule has 0 aromatic heterocycles. The molecule has 0 radical (unpaired) electrons. The average molecular weight is 385 g/mol. The second-order valence-corrected chi connectivity index (χ2v) is 6.59. The molecule has 3 aromatic rings. The van der Waals surface area contributed by atoms with Gasteiger partial charge in [-0.3, -0.25) is 9.59 Å². The Morgan fingerprint density at radius 2 is 1.28 bits per heavy atom. The van der Waals surface area contributed by atoms with Crippen molar-refractivity contribution in [1.82, 2.24) is 5.43 Å². The molecular weight excluding hydrogens is 362 g/mol. The molecule has 0 saturated heterocycles. The van der Waals surface area contributed by atoms with Crippen LogP contribution in [0.15, 0.2) is 90.0 Å². The van der Waals surface area contributed by atoms with Gasteiger partial charge in [-0.15, -0.1) is 0 Å². The molecule has 3 aromatic carbocycles. The lowest BCUT2D eigenvalue weighted by Crippen LogP contribution is -2.21. The van der Waals surface area contributed by atoms with Gasteiger partial charge in [0, 0.05) is 18.5 Å². The summed E-state index contributed by atoms with van der Waals surface area (Å²) >= 11 is 0. The van der Waals surface area contributed by atoms with Gasteiger partial charge in [0.05, 0.1) is 5.71 Å². The summed E-state index contributed by atoms with van der Waals surface area (Å²) < 4.78 is 0. The zero-order chi connectivity index (χ0) is 20.5. The summed E-state index contributed by atoms with van der Waals surface area (Å²) in [6.45, 7) is 1.83. The van der Waals surface area contributed by atoms with Crippen LogP contribution in [0.25, 0.3) is 11.1 Å². The lowest BCUT2D eigenvalue weighted by atomic mass is 10.0. The minimum atomic E-state index is -0.298. The number of hydrogen-bond acceptors (Lipinski definition) is 3. The van der Waals surface area contributed by atoms with Crippen molar-refractivity contribution in [2.24, 2.45) is 5.10 Å². The summed E-state index contributed by atoms with van der Waals surface area (Å²) in [4.78, 5) is 23.9. The quantitative estimate of drug-likeness (QED) is 0.460. The number of anilines is 1. The highest BCUT2D eigenvalue weighted by molar-refractivity contribution is 5.99. The van der Waals surface area contributed by atoms with E-state index in [0.29, 0.717) is 11.4 Å². The molecule has 0 atom stereocenters. The van der Waals surface area contributed by atoms with Crippen LogP contribution in [-0.4, -0.2) is 17.5 Å². The highest BCUT2D eigenvalue weighted by atomic mass is 16.2. The largest absolute Gasteiger partial charge is 0.326 e. The lowest BCUT2D eigenvalue weighted by Gasteiger charge is -2.06. The van der Waals surface area contributed by atoms with E-state index in [4.69, 9.17) is 0 Å². The van der Waals surface area contributed by atoms with Crippen molar-refractivity contribution in [1.29, 1.82) is 0 Å². The molecule has 5 heteroatoms. The van der Waals surface area contributed by atoms with Gasteiger partial charge in [-0.05, 0) is 35.7 Å². The Kier molecular flexibility index (Phi) is 6.90. The number of carbonyl (C=O) groups is 2. The third kappa shape index (κ3) is 6.14. The molecule has 3 rings (SSSR count). The van der Waals surface area contributed by atoms with Gasteiger partial charge in [0.15, 0.2) is 0 Å². The molecule has 0 fully saturated rings. The van der Waals surface area contributed by atoms with E-state index >= 15 is 0 Å². The van der Waals surface area contributed by atoms with Gasteiger partial charge < -0.3 is 5.32 Å². The van der Waals surface area contributed by atoms with Gasteiger partial charge in [0.1, 0.15) is 0 Å². The Labute approximate surface area is 170 Å². The van der Waals surface area contributed by atoms with Crippen molar-refractivity contribution in [3.05, 3.63) is 90.5 Å². The van der Waals surface area contributed by atoms with E-state index in [1.165, 1.54) is 0 Å². The average Bonchev–Trinajstić information content (AvgIpc) is 2.77. The number of para-hydroxylation sites is 1. The number of amides is 2. The third-order valence-corrected chi connectivity index (χ3v) is 4.39. The molecule has 0 saturated carbocycles. The smallest absolute Gasteiger partial charge is 0.240 e. The van der Waals surface area contributed by atoms with Crippen LogP contribution in [0.5, 0.6) is 0 Å². The molecule has 0 aliphatic carbocycles. The Morgan fingerprint density at radius 1 is 0.724 bits per heavy atom. The summed E-state index contributed by atoms with van der Waals surface area (Å²) in [6, 6.07) is 27.3. The molecule has 0 spiro atoms. The van der Waals surface area contributed by atoms with Crippen molar-refractivity contribution in [3.63, 3.8) is 0 Å². The molecule has 0 bridgehead atoms. The first kappa shape index (κ1) is 20.0. The summed E-state index contributed by atoms with van der Waals surface area (Å²) in [7, 11) is 0. The SMILES string of the molecule is C/C(=N\NC(=O)CCC(=O)Nc1ccccc1)c1ccc(-c2ccccc2)cc1. The second-order valence-electron chi connectivity index (χ2n) is 6.59. The molecular formula is C24H23N3O2. The highest BCUT2D eigenvalue weighted by Gasteiger charge is 2.07. The highest BCUT2D eigenvalue weighted by Crippen LogP contribution is 2.19. The molecule has 2 amide bonds. The summed E-state index contributed by atoms with van der Waals surface area (Å²) in [5.74, 6) is -0.503. The Bertz CT molecular complexity index is 982. The lowest BCUT2D eigenvalue weighted by molar-refractivity contribution is -0.124. The summed E-state index contributed by atoms with van der Waals surface area (Å²) in [5.41, 5.74) is 7.12. The fraction of sp³-hybridized carbons (Fsp3) is 0.125. The van der Waals surface area contributed by atoms with Crippen LogP contribution in [-0.2, 0) is 9.59 Å². The van der Waals surface area contributed by atoms with Gasteiger partial charge in [-0.25, -0.2) is 5.43 Å². The third-order valence-electron chi connectivity index (χ3n) is 4.39. The van der Waals surface area contributed by atoms with Crippen molar-refractivity contribution >= 4 is 23.2 Å². The first-order valence-corrected chi connectivity index (χ1v) is 9.46. The fourth-order valence-electron chi connectivity index (χ4n) is 2.77. The van der Waals surface area contributed by atoms with Crippen molar-refractivity contribution in [2.45, 2.75) is 19.8 Å². The fourth-order valence-corrected chi connectivity index (χ4v) is 2.77. The minimum absolute atomic E-state index is 0.0718. The Hall–Kier alpha value is -3.73. The number of nitrogens with zero attached hydrogens (tertiary/aromatic N) is 1. The zero-order valence-corrected chi connectivity index (χ0v) is 16.3. The monoisotopic (exact) mass is 385 g/mol. The number of nitrogens with one attached hydrogen (secondary N) is 2. The van der Waals surface area contributed by atoms with E-state index in [0.717, 1.165) is 16.7 Å². The van der Waals surface area contributed by atoms with E-state index in [1.54, 1.807) is 12.1 Å². The molecule has 0 aliphatic heterocycles. The molecule has 5 nitrogen and oxygen atoms in total. The summed E-state index contributed by atoms with van der Waals surface area (Å²) in [5, 5.41) is 6.90. The van der Waals surface area contributed by atoms with Crippen LogP contribution in [0.1, 0.15) is 25.3 Å². The van der Waals surface area contributed by atoms with E-state index in [2.05, 4.69) is 28.0 Å². The normalized spacial score (nSPS) is 11.0. The number of benzene rings is 3. The Morgan fingerprint density at radius 3 is 1.93 bits per heavy atom. The van der Waals surface area contributed by atoms with Crippen molar-refractivity contribution < 1.29 is 9.59 Å². The maximum Gasteiger partial charge on any atom is 0.240 e. The zero-order valence-electron chi connectivity index (χ0n) is 16.3. The van der Waals surface area contributed by atoms with Gasteiger partial charge in [0.2, 0.25) is 11.8 Å². The van der Waals surface area contributed by atoms with E-state index in [1.807, 2.05) is 67.6 Å². The standard InChI is InChI=1S/C24H23N3O2/c1-18(19-12-14-21(15-13-19)20-8-4-2-5-9-20)26-27-24(29)17-16-23(28)25-22-10-6-3-7-11-22/h2-15H,16-17H2,1H3,(H,25,28)(H,27,29)/b26-18+. The first-order chi connectivity index (χ1) is 14.1. The number of hydrogen-bond donors (Lipinski definition) is 2. The summed E-state index contributed by atoms with van der Waals surface area (Å²) in [6.07, 6.45) is 0.170. The predicted octanol–water partition coefficient (Wildman–Crippen LogP) is 4.61. The van der Waals surface area contributed by atoms with Crippen molar-refractivity contribution in [3.8, 4) is 11.1 Å². The molecule has 29 heavy (non-hydrogen) atoms. The van der Waals surface area contributed by atoms with Gasteiger partial charge in [0.25, 0.3) is 0 Å². The van der Waals surface area contributed by atoms with Crippen LogP contribution < -0.4 is 10.7 Å². The van der Waals surface area contributed by atoms with Crippen LogP contribution in [0.3, 0.4) is 0 Å². The van der Waals surface area contributed by atoms with E-state index in [-0.39, 0.29) is 24.7 Å². The minimum Gasteiger partial charge on any atom is -0.326 e. The van der Waals surface area contributed by atoms with Gasteiger partial charge in [-0.1, -0.05) is 72.8 Å². The van der Waals surface area contributed by atoms with Crippen LogP contribution >= 0.6 is 0 Å². The van der Waals surface area contributed by atoms with Gasteiger partial charge >= 0.3 is 0 Å². The molecule has 0 heterocycles.